The Balaban J connectivity index is 2.94. The summed E-state index contributed by atoms with van der Waals surface area (Å²) in [7, 11) is 1.81. The van der Waals surface area contributed by atoms with Crippen LogP contribution >= 0.6 is 0 Å². The Kier molecular flexibility index (Phi) is 1.53. The van der Waals surface area contributed by atoms with E-state index in [9.17, 15) is 0 Å². The van der Waals surface area contributed by atoms with Crippen molar-refractivity contribution in [3.63, 3.8) is 0 Å². The van der Waals surface area contributed by atoms with Crippen LogP contribution in [0.15, 0.2) is 18.3 Å². The van der Waals surface area contributed by atoms with Crippen molar-refractivity contribution in [1.29, 1.82) is 0 Å². The van der Waals surface area contributed by atoms with Gasteiger partial charge in [0.1, 0.15) is 5.82 Å². The number of hydrogen-bond acceptors (Lipinski definition) is 3. The molecule has 0 saturated carbocycles. The Morgan fingerprint density at radius 3 is 2.89 bits per heavy atom. The molecule has 9 heavy (non-hydrogen) atoms. The zero-order valence-corrected chi connectivity index (χ0v) is 5.26. The Labute approximate surface area is 53.9 Å². The first-order chi connectivity index (χ1) is 4.33. The molecule has 3 nitrogen and oxygen atoms in total. The molecule has 0 amide bonds. The highest BCUT2D eigenvalue weighted by molar-refractivity contribution is 5.47. The maximum Gasteiger partial charge on any atom is 0.127 e. The summed E-state index contributed by atoms with van der Waals surface area (Å²) in [6.07, 6.45) is 1.67. The largest absolute Gasteiger partial charge is 0.399 e. The topological polar surface area (TPSA) is 50.9 Å². The van der Waals surface area contributed by atoms with Crippen molar-refractivity contribution in [1.82, 2.24) is 4.98 Å². The molecular formula is C6H9N3. The minimum absolute atomic E-state index is 0.731. The first-order valence-corrected chi connectivity index (χ1v) is 2.72. The lowest BCUT2D eigenvalue weighted by Crippen LogP contribution is -1.92. The van der Waals surface area contributed by atoms with Crippen molar-refractivity contribution < 1.29 is 0 Å². The van der Waals surface area contributed by atoms with Crippen LogP contribution in [0, 0.1) is 0 Å². The highest BCUT2D eigenvalue weighted by Gasteiger charge is 1.86. The number of nitrogens with one attached hydrogen (secondary N) is 1. The second-order valence-corrected chi connectivity index (χ2v) is 1.72. The summed E-state index contributed by atoms with van der Waals surface area (Å²) < 4.78 is 0. The molecule has 1 heterocycles. The van der Waals surface area contributed by atoms with Crippen LogP contribution in [0.25, 0.3) is 0 Å². The summed E-state index contributed by atoms with van der Waals surface area (Å²) in [6.45, 7) is 0. The fraction of sp³-hybridized carbons (Fsp3) is 0.167. The van der Waals surface area contributed by atoms with Gasteiger partial charge in [0.2, 0.25) is 0 Å². The molecule has 0 bridgehead atoms. The van der Waals surface area contributed by atoms with Gasteiger partial charge in [0.25, 0.3) is 0 Å². The van der Waals surface area contributed by atoms with E-state index in [0.717, 1.165) is 11.5 Å². The quantitative estimate of drug-likeness (QED) is 0.578. The number of aromatic nitrogens is 1. The summed E-state index contributed by atoms with van der Waals surface area (Å²) in [5, 5.41) is 2.88. The number of anilines is 2. The molecule has 0 spiro atoms. The van der Waals surface area contributed by atoms with E-state index in [1.165, 1.54) is 0 Å². The van der Waals surface area contributed by atoms with Crippen LogP contribution in [-0.2, 0) is 0 Å². The van der Waals surface area contributed by atoms with E-state index in [2.05, 4.69) is 10.3 Å². The van der Waals surface area contributed by atoms with Gasteiger partial charge < -0.3 is 11.1 Å². The fourth-order valence-corrected chi connectivity index (χ4v) is 0.584. The number of nitrogen functional groups attached to an aromatic ring is 1. The van der Waals surface area contributed by atoms with Crippen LogP contribution in [0.4, 0.5) is 11.5 Å². The van der Waals surface area contributed by atoms with Gasteiger partial charge in [0.05, 0.1) is 0 Å². The normalized spacial score (nSPS) is 9.00. The maximum atomic E-state index is 5.45. The van der Waals surface area contributed by atoms with Crippen molar-refractivity contribution >= 4 is 11.5 Å². The molecule has 0 aromatic carbocycles. The van der Waals surface area contributed by atoms with E-state index in [1.807, 2.05) is 7.05 Å². The Morgan fingerprint density at radius 2 is 2.44 bits per heavy atom. The molecule has 0 aliphatic heterocycles. The Hall–Kier alpha value is -1.25. The molecule has 0 radical (unpaired) electrons. The predicted molar refractivity (Wildman–Crippen MR) is 38.2 cm³/mol. The molecule has 0 fully saturated rings. The van der Waals surface area contributed by atoms with Crippen molar-refractivity contribution in [3.05, 3.63) is 18.3 Å². The van der Waals surface area contributed by atoms with Gasteiger partial charge in [-0.2, -0.15) is 0 Å². The molecule has 3 N–H and O–H groups in total. The molecule has 1 aromatic heterocycles. The third-order valence-corrected chi connectivity index (χ3v) is 1.04. The Bertz CT molecular complexity index is 197. The average Bonchev–Trinajstić information content (AvgIpc) is 1.88. The van der Waals surface area contributed by atoms with Gasteiger partial charge in [-0.15, -0.1) is 0 Å². The molecule has 0 atom stereocenters. The molecule has 0 saturated heterocycles. The van der Waals surface area contributed by atoms with Crippen molar-refractivity contribution in [2.45, 2.75) is 0 Å². The lowest BCUT2D eigenvalue weighted by atomic mass is 10.4. The van der Waals surface area contributed by atoms with Gasteiger partial charge >= 0.3 is 0 Å². The number of nitrogens with two attached hydrogens (primary N) is 1. The summed E-state index contributed by atoms with van der Waals surface area (Å²) in [6, 6.07) is 3.53. The number of rotatable bonds is 1. The van der Waals surface area contributed by atoms with E-state index >= 15 is 0 Å². The lowest BCUT2D eigenvalue weighted by Gasteiger charge is -1.97. The second-order valence-electron chi connectivity index (χ2n) is 1.72. The minimum Gasteiger partial charge on any atom is -0.399 e. The average molecular weight is 123 g/mol. The van der Waals surface area contributed by atoms with Crippen molar-refractivity contribution in [2.24, 2.45) is 0 Å². The van der Waals surface area contributed by atoms with Gasteiger partial charge in [-0.1, -0.05) is 0 Å². The smallest absolute Gasteiger partial charge is 0.127 e. The lowest BCUT2D eigenvalue weighted by molar-refractivity contribution is 1.29. The van der Waals surface area contributed by atoms with Crippen LogP contribution in [0.2, 0.25) is 0 Å². The number of pyridine rings is 1. The van der Waals surface area contributed by atoms with Crippen LogP contribution in [0.1, 0.15) is 0 Å². The SMILES string of the molecule is CNc1cc(N)ccn1. The third-order valence-electron chi connectivity index (χ3n) is 1.04. The van der Waals surface area contributed by atoms with Crippen LogP contribution in [-0.4, -0.2) is 12.0 Å². The van der Waals surface area contributed by atoms with E-state index in [-0.39, 0.29) is 0 Å². The first-order valence-electron chi connectivity index (χ1n) is 2.72. The minimum atomic E-state index is 0.731. The van der Waals surface area contributed by atoms with Gasteiger partial charge in [-0.05, 0) is 6.07 Å². The standard InChI is InChI=1S/C6H9N3/c1-8-6-4-5(7)2-3-9-6/h2-4H,1H3,(H3,7,8,9). The summed E-state index contributed by atoms with van der Waals surface area (Å²) in [5.41, 5.74) is 6.19. The van der Waals surface area contributed by atoms with E-state index in [1.54, 1.807) is 18.3 Å². The molecule has 1 aromatic rings. The predicted octanol–water partition coefficient (Wildman–Crippen LogP) is 0.706. The van der Waals surface area contributed by atoms with Crippen molar-refractivity contribution in [2.75, 3.05) is 18.1 Å². The maximum absolute atomic E-state index is 5.45. The van der Waals surface area contributed by atoms with Gasteiger partial charge in [0, 0.05) is 25.0 Å². The third kappa shape index (κ3) is 1.32. The monoisotopic (exact) mass is 123 g/mol. The van der Waals surface area contributed by atoms with E-state index in [4.69, 9.17) is 5.73 Å². The molecular weight excluding hydrogens is 114 g/mol. The van der Waals surface area contributed by atoms with Gasteiger partial charge in [0.15, 0.2) is 0 Å². The molecule has 48 valence electrons. The fourth-order valence-electron chi connectivity index (χ4n) is 0.584. The van der Waals surface area contributed by atoms with Crippen LogP contribution in [0.5, 0.6) is 0 Å². The summed E-state index contributed by atoms with van der Waals surface area (Å²) in [4.78, 5) is 3.97. The molecule has 0 aliphatic rings. The zero-order valence-electron chi connectivity index (χ0n) is 5.26. The first kappa shape index (κ1) is 5.88. The Morgan fingerprint density at radius 1 is 1.67 bits per heavy atom. The summed E-state index contributed by atoms with van der Waals surface area (Å²) >= 11 is 0. The van der Waals surface area contributed by atoms with E-state index < -0.39 is 0 Å². The van der Waals surface area contributed by atoms with Crippen LogP contribution in [0.3, 0.4) is 0 Å². The highest BCUT2D eigenvalue weighted by Crippen LogP contribution is 2.05. The second kappa shape index (κ2) is 2.35. The van der Waals surface area contributed by atoms with Gasteiger partial charge in [-0.25, -0.2) is 4.98 Å². The molecule has 0 aliphatic carbocycles. The highest BCUT2D eigenvalue weighted by atomic mass is 14.9. The number of nitrogens with zero attached hydrogens (tertiary/aromatic N) is 1. The molecule has 3 heteroatoms. The van der Waals surface area contributed by atoms with Gasteiger partial charge in [-0.3, -0.25) is 0 Å². The van der Waals surface area contributed by atoms with Crippen molar-refractivity contribution in [3.8, 4) is 0 Å². The van der Waals surface area contributed by atoms with Crippen LogP contribution < -0.4 is 11.1 Å². The summed E-state index contributed by atoms with van der Waals surface area (Å²) in [5.74, 6) is 0.801. The van der Waals surface area contributed by atoms with E-state index in [0.29, 0.717) is 0 Å². The zero-order chi connectivity index (χ0) is 6.69. The molecule has 0 unspecified atom stereocenters. The molecule has 1 rings (SSSR count). The number of hydrogen-bond donors (Lipinski definition) is 2.